The number of terminal acetylenes is 1. The number of amides is 2. The first-order valence-corrected chi connectivity index (χ1v) is 7.45. The SMILES string of the molecule is C#CCN1C(=O)SC(=Cc2ccc(-c3ccc(F)cc3)o2)C1=O. The van der Waals surface area contributed by atoms with Crippen LogP contribution in [0.15, 0.2) is 45.7 Å². The molecule has 1 aliphatic heterocycles. The highest BCUT2D eigenvalue weighted by atomic mass is 32.2. The Morgan fingerprint density at radius 2 is 1.96 bits per heavy atom. The summed E-state index contributed by atoms with van der Waals surface area (Å²) in [5, 5.41) is -0.399. The van der Waals surface area contributed by atoms with Crippen molar-refractivity contribution in [2.45, 2.75) is 0 Å². The van der Waals surface area contributed by atoms with Crippen LogP contribution in [-0.4, -0.2) is 22.6 Å². The molecule has 1 fully saturated rings. The Hall–Kier alpha value is -2.78. The minimum Gasteiger partial charge on any atom is -0.457 e. The zero-order valence-corrected chi connectivity index (χ0v) is 12.6. The third-order valence-corrected chi connectivity index (χ3v) is 4.06. The maximum Gasteiger partial charge on any atom is 0.294 e. The lowest BCUT2D eigenvalue weighted by molar-refractivity contribution is -0.122. The van der Waals surface area contributed by atoms with Crippen molar-refractivity contribution in [2.75, 3.05) is 6.54 Å². The Bertz CT molecular complexity index is 845. The summed E-state index contributed by atoms with van der Waals surface area (Å²) in [7, 11) is 0. The van der Waals surface area contributed by atoms with Crippen LogP contribution in [0.2, 0.25) is 0 Å². The van der Waals surface area contributed by atoms with Gasteiger partial charge in [0.1, 0.15) is 17.3 Å². The quantitative estimate of drug-likeness (QED) is 0.636. The minimum absolute atomic E-state index is 0.0546. The van der Waals surface area contributed by atoms with Crippen molar-refractivity contribution in [3.63, 3.8) is 0 Å². The number of carbonyl (C=O) groups excluding carboxylic acids is 2. The van der Waals surface area contributed by atoms with E-state index in [0.29, 0.717) is 17.1 Å². The summed E-state index contributed by atoms with van der Waals surface area (Å²) in [6.07, 6.45) is 6.63. The van der Waals surface area contributed by atoms with Crippen molar-refractivity contribution in [1.29, 1.82) is 0 Å². The molecule has 1 aliphatic rings. The van der Waals surface area contributed by atoms with Crippen molar-refractivity contribution in [1.82, 2.24) is 4.90 Å². The number of thioether (sulfide) groups is 1. The third-order valence-electron chi connectivity index (χ3n) is 3.15. The van der Waals surface area contributed by atoms with E-state index in [1.54, 1.807) is 24.3 Å². The highest BCUT2D eigenvalue weighted by Crippen LogP contribution is 2.33. The number of hydrogen-bond donors (Lipinski definition) is 0. The number of furan rings is 1. The minimum atomic E-state index is -0.433. The van der Waals surface area contributed by atoms with Gasteiger partial charge in [0.25, 0.3) is 11.1 Å². The summed E-state index contributed by atoms with van der Waals surface area (Å²) in [6.45, 7) is -0.0546. The fourth-order valence-electron chi connectivity index (χ4n) is 2.06. The van der Waals surface area contributed by atoms with Gasteiger partial charge in [-0.3, -0.25) is 14.5 Å². The van der Waals surface area contributed by atoms with Crippen molar-refractivity contribution in [3.05, 3.63) is 52.9 Å². The van der Waals surface area contributed by atoms with Crippen molar-refractivity contribution in [3.8, 4) is 23.7 Å². The zero-order chi connectivity index (χ0) is 16.4. The lowest BCUT2D eigenvalue weighted by Crippen LogP contribution is -2.28. The standard InChI is InChI=1S/C17H10FNO3S/c1-2-9-19-16(20)15(23-17(19)21)10-13-7-8-14(22-13)11-3-5-12(18)6-4-11/h1,3-8,10H,9H2. The summed E-state index contributed by atoms with van der Waals surface area (Å²) in [6, 6.07) is 9.25. The Balaban J connectivity index is 1.84. The molecular weight excluding hydrogens is 317 g/mol. The van der Waals surface area contributed by atoms with E-state index in [4.69, 9.17) is 10.8 Å². The second-order valence-corrected chi connectivity index (χ2v) is 5.67. The molecular formula is C17H10FNO3S. The van der Waals surface area contributed by atoms with E-state index in [-0.39, 0.29) is 17.3 Å². The molecule has 6 heteroatoms. The van der Waals surface area contributed by atoms with Crippen LogP contribution in [0.4, 0.5) is 9.18 Å². The van der Waals surface area contributed by atoms with Gasteiger partial charge in [-0.2, -0.15) is 0 Å². The maximum absolute atomic E-state index is 12.9. The average Bonchev–Trinajstić information content (AvgIpc) is 3.09. The highest BCUT2D eigenvalue weighted by molar-refractivity contribution is 8.18. The van der Waals surface area contributed by atoms with E-state index in [9.17, 15) is 14.0 Å². The Morgan fingerprint density at radius 3 is 2.65 bits per heavy atom. The molecule has 0 radical (unpaired) electrons. The molecule has 2 aromatic rings. The normalized spacial score (nSPS) is 16.2. The molecule has 0 spiro atoms. The molecule has 3 rings (SSSR count). The molecule has 0 bridgehead atoms. The third kappa shape index (κ3) is 3.05. The van der Waals surface area contributed by atoms with Crippen LogP contribution in [0.3, 0.4) is 0 Å². The van der Waals surface area contributed by atoms with E-state index in [2.05, 4.69) is 5.92 Å². The van der Waals surface area contributed by atoms with Gasteiger partial charge in [-0.05, 0) is 48.2 Å². The van der Waals surface area contributed by atoms with Gasteiger partial charge in [0.2, 0.25) is 0 Å². The number of carbonyl (C=O) groups is 2. The molecule has 23 heavy (non-hydrogen) atoms. The molecule has 114 valence electrons. The van der Waals surface area contributed by atoms with E-state index in [1.807, 2.05) is 0 Å². The topological polar surface area (TPSA) is 50.5 Å². The fraction of sp³-hybridized carbons (Fsp3) is 0.0588. The summed E-state index contributed by atoms with van der Waals surface area (Å²) in [5.41, 5.74) is 0.714. The van der Waals surface area contributed by atoms with Gasteiger partial charge >= 0.3 is 0 Å². The second kappa shape index (κ2) is 6.15. The van der Waals surface area contributed by atoms with Gasteiger partial charge < -0.3 is 4.42 Å². The first-order valence-electron chi connectivity index (χ1n) is 6.63. The van der Waals surface area contributed by atoms with E-state index in [0.717, 1.165) is 16.7 Å². The van der Waals surface area contributed by atoms with Crippen LogP contribution >= 0.6 is 11.8 Å². The number of imide groups is 1. The number of hydrogen-bond acceptors (Lipinski definition) is 4. The van der Waals surface area contributed by atoms with Gasteiger partial charge in [0.15, 0.2) is 0 Å². The average molecular weight is 327 g/mol. The van der Waals surface area contributed by atoms with Gasteiger partial charge in [0, 0.05) is 11.6 Å². The van der Waals surface area contributed by atoms with Gasteiger partial charge in [-0.25, -0.2) is 4.39 Å². The van der Waals surface area contributed by atoms with Crippen molar-refractivity contribution < 1.29 is 18.4 Å². The van der Waals surface area contributed by atoms with Crippen LogP contribution in [0.25, 0.3) is 17.4 Å². The van der Waals surface area contributed by atoms with Crippen molar-refractivity contribution in [2.24, 2.45) is 0 Å². The number of benzene rings is 1. The van der Waals surface area contributed by atoms with Crippen LogP contribution < -0.4 is 0 Å². The zero-order valence-electron chi connectivity index (χ0n) is 11.8. The highest BCUT2D eigenvalue weighted by Gasteiger charge is 2.34. The van der Waals surface area contributed by atoms with E-state index in [1.165, 1.54) is 18.2 Å². The fourth-order valence-corrected chi connectivity index (χ4v) is 2.87. The molecule has 0 N–H and O–H groups in total. The Kier molecular flexibility index (Phi) is 4.04. The number of halogens is 1. The van der Waals surface area contributed by atoms with E-state index >= 15 is 0 Å². The van der Waals surface area contributed by atoms with Crippen LogP contribution in [0.1, 0.15) is 5.76 Å². The molecule has 0 saturated carbocycles. The van der Waals surface area contributed by atoms with Crippen LogP contribution in [0, 0.1) is 18.2 Å². The molecule has 2 amide bonds. The summed E-state index contributed by atoms with van der Waals surface area (Å²) in [4.78, 5) is 25.0. The molecule has 4 nitrogen and oxygen atoms in total. The van der Waals surface area contributed by atoms with Crippen molar-refractivity contribution >= 4 is 29.0 Å². The Morgan fingerprint density at radius 1 is 1.22 bits per heavy atom. The lowest BCUT2D eigenvalue weighted by atomic mass is 10.2. The molecule has 2 heterocycles. The van der Waals surface area contributed by atoms with E-state index < -0.39 is 11.1 Å². The van der Waals surface area contributed by atoms with Crippen LogP contribution in [0.5, 0.6) is 0 Å². The Labute approximate surface area is 136 Å². The molecule has 0 atom stereocenters. The summed E-state index contributed by atoms with van der Waals surface area (Å²) >= 11 is 0.817. The maximum atomic E-state index is 12.9. The van der Waals surface area contributed by atoms with Crippen LogP contribution in [-0.2, 0) is 4.79 Å². The molecule has 1 aromatic heterocycles. The predicted octanol–water partition coefficient (Wildman–Crippen LogP) is 3.76. The summed E-state index contributed by atoms with van der Waals surface area (Å²) in [5.74, 6) is 2.48. The number of rotatable bonds is 3. The van der Waals surface area contributed by atoms with Gasteiger partial charge in [-0.15, -0.1) is 6.42 Å². The molecule has 1 saturated heterocycles. The largest absolute Gasteiger partial charge is 0.457 e. The van der Waals surface area contributed by atoms with Gasteiger partial charge in [0.05, 0.1) is 11.4 Å². The smallest absolute Gasteiger partial charge is 0.294 e. The first kappa shape index (κ1) is 15.1. The predicted molar refractivity (Wildman–Crippen MR) is 85.6 cm³/mol. The lowest BCUT2D eigenvalue weighted by Gasteiger charge is -2.06. The monoisotopic (exact) mass is 327 g/mol. The second-order valence-electron chi connectivity index (χ2n) is 4.68. The number of nitrogens with zero attached hydrogens (tertiary/aromatic N) is 1. The first-order chi connectivity index (χ1) is 11.1. The molecule has 0 aliphatic carbocycles. The molecule has 1 aromatic carbocycles. The van der Waals surface area contributed by atoms with Gasteiger partial charge in [-0.1, -0.05) is 5.92 Å². The molecule has 0 unspecified atom stereocenters. The summed E-state index contributed by atoms with van der Waals surface area (Å²) < 4.78 is 18.5.